The molecule has 0 fully saturated rings. The van der Waals surface area contributed by atoms with Crippen molar-refractivity contribution < 1.29 is 23.5 Å². The van der Waals surface area contributed by atoms with Gasteiger partial charge in [-0.25, -0.2) is 14.4 Å². The second-order valence-electron chi connectivity index (χ2n) is 8.53. The molecule has 4 rings (SSSR count). The molecule has 0 spiro atoms. The largest absolute Gasteiger partial charge is 0.445 e. The first kappa shape index (κ1) is 23.5. The average molecular weight is 464 g/mol. The van der Waals surface area contributed by atoms with E-state index in [4.69, 9.17) is 13.9 Å². The van der Waals surface area contributed by atoms with Gasteiger partial charge in [0.25, 0.3) is 0 Å². The first-order valence-corrected chi connectivity index (χ1v) is 11.8. The molecule has 0 bridgehead atoms. The lowest BCUT2D eigenvalue weighted by atomic mass is 9.91. The topological polar surface area (TPSA) is 94.8 Å². The van der Waals surface area contributed by atoms with Gasteiger partial charge in [-0.15, -0.1) is 0 Å². The number of nitrogens with one attached hydrogen (secondary N) is 1. The number of aryl methyl sites for hydroxylation is 1. The van der Waals surface area contributed by atoms with Crippen molar-refractivity contribution in [2.75, 3.05) is 0 Å². The van der Waals surface area contributed by atoms with Crippen molar-refractivity contribution in [3.63, 3.8) is 0 Å². The number of amides is 1. The van der Waals surface area contributed by atoms with E-state index in [0.29, 0.717) is 12.0 Å². The zero-order valence-electron chi connectivity index (χ0n) is 19.3. The minimum atomic E-state index is -0.852. The maximum atomic E-state index is 12.9. The number of carbonyl (C=O) groups excluding carboxylic acids is 2. The van der Waals surface area contributed by atoms with Crippen LogP contribution in [-0.4, -0.2) is 18.1 Å². The normalized spacial score (nSPS) is 13.7. The van der Waals surface area contributed by atoms with Crippen molar-refractivity contribution in [1.82, 2.24) is 5.32 Å². The molecular weight excluding hydrogens is 434 g/mol. The Morgan fingerprint density at radius 3 is 2.59 bits per heavy atom. The van der Waals surface area contributed by atoms with Crippen LogP contribution in [-0.2, 0) is 29.0 Å². The van der Waals surface area contributed by atoms with Gasteiger partial charge >= 0.3 is 17.7 Å². The Bertz CT molecular complexity index is 1220. The summed E-state index contributed by atoms with van der Waals surface area (Å²) in [6.07, 6.45) is 4.92. The van der Waals surface area contributed by atoms with E-state index in [2.05, 4.69) is 5.32 Å². The van der Waals surface area contributed by atoms with Gasteiger partial charge in [0.2, 0.25) is 0 Å². The molecule has 7 heteroatoms. The van der Waals surface area contributed by atoms with Gasteiger partial charge in [0.1, 0.15) is 24.0 Å². The molecule has 1 heterocycles. The van der Waals surface area contributed by atoms with Crippen molar-refractivity contribution in [2.45, 2.75) is 64.5 Å². The Labute approximate surface area is 198 Å². The molecule has 0 saturated carbocycles. The molecule has 1 aliphatic rings. The van der Waals surface area contributed by atoms with Crippen LogP contribution in [0.15, 0.2) is 57.7 Å². The van der Waals surface area contributed by atoms with Crippen LogP contribution < -0.4 is 15.7 Å². The Balaban J connectivity index is 1.45. The number of hydrogen-bond donors (Lipinski definition) is 1. The van der Waals surface area contributed by atoms with E-state index in [9.17, 15) is 14.4 Å². The van der Waals surface area contributed by atoms with E-state index >= 15 is 0 Å². The predicted octanol–water partition coefficient (Wildman–Crippen LogP) is 5.06. The highest BCUT2D eigenvalue weighted by atomic mass is 16.6. The number of ether oxygens (including phenoxy) is 2. The van der Waals surface area contributed by atoms with E-state index in [0.717, 1.165) is 60.6 Å². The number of esters is 1. The molecule has 1 N–H and O–H groups in total. The summed E-state index contributed by atoms with van der Waals surface area (Å²) in [5, 5.41) is 3.49. The number of alkyl carbamates (subject to hydrolysis) is 1. The third kappa shape index (κ3) is 5.65. The highest BCUT2D eigenvalue weighted by Crippen LogP contribution is 2.29. The second-order valence-corrected chi connectivity index (χ2v) is 8.53. The van der Waals surface area contributed by atoms with E-state index in [1.54, 1.807) is 12.1 Å². The van der Waals surface area contributed by atoms with E-state index in [1.807, 2.05) is 43.3 Å². The number of carbonyl (C=O) groups is 2. The van der Waals surface area contributed by atoms with Gasteiger partial charge < -0.3 is 19.2 Å². The van der Waals surface area contributed by atoms with Crippen LogP contribution in [0.5, 0.6) is 5.75 Å². The molecule has 0 aliphatic heterocycles. The molecule has 1 atom stereocenters. The first-order valence-electron chi connectivity index (χ1n) is 11.8. The van der Waals surface area contributed by atoms with E-state index in [-0.39, 0.29) is 18.0 Å². The Morgan fingerprint density at radius 2 is 1.82 bits per heavy atom. The molecule has 7 nitrogen and oxygen atoms in total. The standard InChI is InChI=1S/C27H29NO6/c1-2-3-13-23(28-27(31)32-17-18-9-5-4-6-10-18)26(30)33-19-14-15-21-20-11-7-8-12-22(20)25(29)34-24(21)16-19/h4-6,9-10,14-16,23H,2-3,7-8,11-13,17H2,1H3,(H,28,31). The van der Waals surface area contributed by atoms with Crippen molar-refractivity contribution in [3.8, 4) is 5.75 Å². The lowest BCUT2D eigenvalue weighted by molar-refractivity contribution is -0.136. The van der Waals surface area contributed by atoms with Gasteiger partial charge in [-0.3, -0.25) is 0 Å². The molecule has 34 heavy (non-hydrogen) atoms. The summed E-state index contributed by atoms with van der Waals surface area (Å²) >= 11 is 0. The third-order valence-electron chi connectivity index (χ3n) is 6.05. The molecule has 2 aromatic carbocycles. The summed E-state index contributed by atoms with van der Waals surface area (Å²) < 4.78 is 16.3. The molecule has 1 aromatic heterocycles. The van der Waals surface area contributed by atoms with E-state index in [1.165, 1.54) is 0 Å². The summed E-state index contributed by atoms with van der Waals surface area (Å²) in [5.41, 5.74) is 2.70. The van der Waals surface area contributed by atoms with Crippen LogP contribution in [0.4, 0.5) is 4.79 Å². The van der Waals surface area contributed by atoms with Crippen LogP contribution in [0, 0.1) is 0 Å². The van der Waals surface area contributed by atoms with Gasteiger partial charge in [-0.1, -0.05) is 50.1 Å². The Kier molecular flexibility index (Phi) is 7.62. The maximum absolute atomic E-state index is 12.9. The molecule has 1 aliphatic carbocycles. The number of benzene rings is 2. The van der Waals surface area contributed by atoms with Crippen LogP contribution in [0.3, 0.4) is 0 Å². The molecule has 0 radical (unpaired) electrons. The summed E-state index contributed by atoms with van der Waals surface area (Å²) in [7, 11) is 0. The predicted molar refractivity (Wildman–Crippen MR) is 128 cm³/mol. The smallest absolute Gasteiger partial charge is 0.408 e. The van der Waals surface area contributed by atoms with Gasteiger partial charge in [0.15, 0.2) is 0 Å². The van der Waals surface area contributed by atoms with Crippen molar-refractivity contribution in [1.29, 1.82) is 0 Å². The minimum absolute atomic E-state index is 0.107. The number of unbranched alkanes of at least 4 members (excludes halogenated alkanes) is 1. The van der Waals surface area contributed by atoms with Crippen molar-refractivity contribution >= 4 is 23.0 Å². The molecule has 3 aromatic rings. The maximum Gasteiger partial charge on any atom is 0.408 e. The molecule has 1 unspecified atom stereocenters. The summed E-state index contributed by atoms with van der Waals surface area (Å²) in [6, 6.07) is 13.5. The highest BCUT2D eigenvalue weighted by Gasteiger charge is 2.24. The number of fused-ring (bicyclic) bond motifs is 3. The quantitative estimate of drug-likeness (QED) is 0.285. The summed E-state index contributed by atoms with van der Waals surface area (Å²) in [6.45, 7) is 2.11. The SMILES string of the molecule is CCCCC(NC(=O)OCc1ccccc1)C(=O)Oc1ccc2c3c(c(=O)oc2c1)CCCC3. The van der Waals surface area contributed by atoms with Crippen LogP contribution >= 0.6 is 0 Å². The fraction of sp³-hybridized carbons (Fsp3) is 0.370. The first-order chi connectivity index (χ1) is 16.5. The van der Waals surface area contributed by atoms with Crippen LogP contribution in [0.2, 0.25) is 0 Å². The third-order valence-corrected chi connectivity index (χ3v) is 6.05. The van der Waals surface area contributed by atoms with Crippen molar-refractivity contribution in [2.24, 2.45) is 0 Å². The van der Waals surface area contributed by atoms with Crippen LogP contribution in [0.25, 0.3) is 11.0 Å². The lowest BCUT2D eigenvalue weighted by Gasteiger charge is -2.18. The zero-order chi connectivity index (χ0) is 23.9. The summed E-state index contributed by atoms with van der Waals surface area (Å²) in [5.74, 6) is -0.331. The molecule has 0 saturated heterocycles. The second kappa shape index (κ2) is 11.0. The van der Waals surface area contributed by atoms with Crippen molar-refractivity contribution in [3.05, 3.63) is 75.6 Å². The van der Waals surface area contributed by atoms with Gasteiger partial charge in [0.05, 0.1) is 0 Å². The Hall–Kier alpha value is -3.61. The monoisotopic (exact) mass is 463 g/mol. The van der Waals surface area contributed by atoms with E-state index < -0.39 is 18.1 Å². The average Bonchev–Trinajstić information content (AvgIpc) is 2.86. The van der Waals surface area contributed by atoms with Gasteiger partial charge in [-0.05, 0) is 55.4 Å². The number of rotatable bonds is 8. The van der Waals surface area contributed by atoms with Crippen LogP contribution in [0.1, 0.15) is 55.7 Å². The fourth-order valence-corrected chi connectivity index (χ4v) is 4.24. The molecule has 178 valence electrons. The summed E-state index contributed by atoms with van der Waals surface area (Å²) in [4.78, 5) is 37.6. The Morgan fingerprint density at radius 1 is 1.06 bits per heavy atom. The molecule has 1 amide bonds. The van der Waals surface area contributed by atoms with Gasteiger partial charge in [-0.2, -0.15) is 0 Å². The molecular formula is C27H29NO6. The fourth-order valence-electron chi connectivity index (χ4n) is 4.24. The lowest BCUT2D eigenvalue weighted by Crippen LogP contribution is -2.43. The minimum Gasteiger partial charge on any atom is -0.445 e. The highest BCUT2D eigenvalue weighted by molar-refractivity contribution is 5.86. The van der Waals surface area contributed by atoms with Gasteiger partial charge in [0, 0.05) is 17.0 Å². The zero-order valence-corrected chi connectivity index (χ0v) is 19.3. The number of hydrogen-bond acceptors (Lipinski definition) is 6.